The maximum Gasteiger partial charge on any atom is 0.266 e. The van der Waals surface area contributed by atoms with Gasteiger partial charge in [0, 0.05) is 22.9 Å². The highest BCUT2D eigenvalue weighted by atomic mass is 35.7. The van der Waals surface area contributed by atoms with Crippen molar-refractivity contribution in [3.8, 4) is 5.75 Å². The van der Waals surface area contributed by atoms with Crippen LogP contribution >= 0.6 is 10.7 Å². The van der Waals surface area contributed by atoms with E-state index in [0.29, 0.717) is 11.3 Å². The van der Waals surface area contributed by atoms with E-state index >= 15 is 0 Å². The van der Waals surface area contributed by atoms with Crippen molar-refractivity contribution in [1.82, 2.24) is 4.57 Å². The number of hydrogen-bond acceptors (Lipinski definition) is 4. The lowest BCUT2D eigenvalue weighted by molar-refractivity contribution is 0.415. The van der Waals surface area contributed by atoms with Crippen LogP contribution in [0.2, 0.25) is 0 Å². The summed E-state index contributed by atoms with van der Waals surface area (Å²) in [6.07, 6.45) is 1.28. The molecule has 1 aromatic carbocycles. The Morgan fingerprint density at radius 1 is 1.30 bits per heavy atom. The first-order valence-corrected chi connectivity index (χ1v) is 8.24. The number of fused-ring (bicyclic) bond motifs is 1. The lowest BCUT2D eigenvalue weighted by Gasteiger charge is -2.16. The predicted molar refractivity (Wildman–Crippen MR) is 78.2 cm³/mol. The molecular weight excluding hydrogens is 302 g/mol. The van der Waals surface area contributed by atoms with E-state index in [1.54, 1.807) is 16.7 Å². The first kappa shape index (κ1) is 14.9. The lowest BCUT2D eigenvalue weighted by atomic mass is 10.2. The summed E-state index contributed by atoms with van der Waals surface area (Å²) in [6.45, 7) is 3.78. The van der Waals surface area contributed by atoms with Crippen LogP contribution in [0.1, 0.15) is 19.9 Å². The second-order valence-corrected chi connectivity index (χ2v) is 7.18. The van der Waals surface area contributed by atoms with Gasteiger partial charge in [0.1, 0.15) is 10.6 Å². The molecular formula is C13H14ClNO4S. The molecule has 1 aromatic heterocycles. The van der Waals surface area contributed by atoms with Crippen molar-refractivity contribution in [3.05, 3.63) is 34.6 Å². The summed E-state index contributed by atoms with van der Waals surface area (Å²) in [4.78, 5) is 11.9. The SMILES string of the molecule is COc1ccc2c(c1)c(=O)c(S(=O)(=O)Cl)cn2C(C)C. The molecule has 0 aliphatic heterocycles. The van der Waals surface area contributed by atoms with Crippen LogP contribution in [0.4, 0.5) is 0 Å². The molecule has 0 atom stereocenters. The number of ether oxygens (including phenoxy) is 1. The first-order chi connectivity index (χ1) is 9.25. The van der Waals surface area contributed by atoms with Gasteiger partial charge in [-0.15, -0.1) is 0 Å². The number of nitrogens with zero attached hydrogens (tertiary/aromatic N) is 1. The minimum absolute atomic E-state index is 0.0244. The summed E-state index contributed by atoms with van der Waals surface area (Å²) in [5.74, 6) is 0.481. The highest BCUT2D eigenvalue weighted by Gasteiger charge is 2.20. The fraction of sp³-hybridized carbons (Fsp3) is 0.308. The van der Waals surface area contributed by atoms with Crippen LogP contribution in [0.5, 0.6) is 5.75 Å². The van der Waals surface area contributed by atoms with Gasteiger partial charge in [0.15, 0.2) is 0 Å². The number of hydrogen-bond donors (Lipinski definition) is 0. The number of aromatic nitrogens is 1. The molecule has 0 unspecified atom stereocenters. The van der Waals surface area contributed by atoms with E-state index in [9.17, 15) is 13.2 Å². The van der Waals surface area contributed by atoms with Crippen LogP contribution in [0, 0.1) is 0 Å². The van der Waals surface area contributed by atoms with Crippen LogP contribution in [0.25, 0.3) is 10.9 Å². The van der Waals surface area contributed by atoms with Crippen LogP contribution in [0.15, 0.2) is 34.1 Å². The summed E-state index contributed by atoms with van der Waals surface area (Å²) in [6, 6.07) is 4.93. The highest BCUT2D eigenvalue weighted by molar-refractivity contribution is 8.13. The lowest BCUT2D eigenvalue weighted by Crippen LogP contribution is -2.17. The van der Waals surface area contributed by atoms with Crippen molar-refractivity contribution in [2.75, 3.05) is 7.11 Å². The van der Waals surface area contributed by atoms with E-state index in [-0.39, 0.29) is 11.4 Å². The number of methoxy groups -OCH3 is 1. The summed E-state index contributed by atoms with van der Waals surface area (Å²) < 4.78 is 29.9. The Morgan fingerprint density at radius 3 is 2.45 bits per heavy atom. The molecule has 20 heavy (non-hydrogen) atoms. The molecule has 0 N–H and O–H groups in total. The number of pyridine rings is 1. The fourth-order valence-electron chi connectivity index (χ4n) is 2.04. The number of halogens is 1. The van der Waals surface area contributed by atoms with Crippen molar-refractivity contribution in [2.45, 2.75) is 24.8 Å². The minimum atomic E-state index is -4.10. The number of rotatable bonds is 3. The van der Waals surface area contributed by atoms with Gasteiger partial charge >= 0.3 is 0 Å². The molecule has 108 valence electrons. The Hall–Kier alpha value is -1.53. The third-order valence-corrected chi connectivity index (χ3v) is 4.34. The summed E-state index contributed by atoms with van der Waals surface area (Å²) in [5.41, 5.74) is 0.0145. The van der Waals surface area contributed by atoms with Crippen LogP contribution in [-0.4, -0.2) is 20.1 Å². The fourth-order valence-corrected chi connectivity index (χ4v) is 2.94. The van der Waals surface area contributed by atoms with Crippen molar-refractivity contribution < 1.29 is 13.2 Å². The molecule has 2 rings (SSSR count). The van der Waals surface area contributed by atoms with Crippen molar-refractivity contribution in [2.24, 2.45) is 0 Å². The molecule has 1 heterocycles. The van der Waals surface area contributed by atoms with E-state index in [1.807, 2.05) is 13.8 Å². The van der Waals surface area contributed by atoms with Gasteiger partial charge in [-0.3, -0.25) is 4.79 Å². The van der Waals surface area contributed by atoms with E-state index in [0.717, 1.165) is 0 Å². The Labute approximate surface area is 121 Å². The van der Waals surface area contributed by atoms with Gasteiger partial charge in [-0.1, -0.05) is 0 Å². The summed E-state index contributed by atoms with van der Waals surface area (Å²) >= 11 is 0. The summed E-state index contributed by atoms with van der Waals surface area (Å²) in [7, 11) is 2.72. The van der Waals surface area contributed by atoms with Gasteiger partial charge in [-0.25, -0.2) is 8.42 Å². The maximum atomic E-state index is 12.3. The van der Waals surface area contributed by atoms with Gasteiger partial charge in [-0.05, 0) is 32.0 Å². The third-order valence-electron chi connectivity index (χ3n) is 3.03. The molecule has 0 amide bonds. The van der Waals surface area contributed by atoms with E-state index in [1.165, 1.54) is 19.4 Å². The Bertz CT molecular complexity index is 824. The minimum Gasteiger partial charge on any atom is -0.497 e. The molecule has 0 bridgehead atoms. The van der Waals surface area contributed by atoms with Crippen LogP contribution in [-0.2, 0) is 9.05 Å². The molecule has 0 saturated carbocycles. The molecule has 0 saturated heterocycles. The first-order valence-electron chi connectivity index (χ1n) is 5.93. The van der Waals surface area contributed by atoms with Crippen molar-refractivity contribution >= 4 is 30.6 Å². The molecule has 0 radical (unpaired) electrons. The Morgan fingerprint density at radius 2 is 1.95 bits per heavy atom. The molecule has 0 fully saturated rings. The molecule has 5 nitrogen and oxygen atoms in total. The average Bonchev–Trinajstić information content (AvgIpc) is 2.37. The van der Waals surface area contributed by atoms with Crippen LogP contribution in [0.3, 0.4) is 0 Å². The van der Waals surface area contributed by atoms with Gasteiger partial charge in [-0.2, -0.15) is 0 Å². The van der Waals surface area contributed by atoms with E-state index < -0.39 is 19.4 Å². The standard InChI is InChI=1S/C13H14ClNO4S/c1-8(2)15-7-12(20(14,17)18)13(16)10-6-9(19-3)4-5-11(10)15/h4-8H,1-3H3. The van der Waals surface area contributed by atoms with Gasteiger partial charge < -0.3 is 9.30 Å². The Kier molecular flexibility index (Phi) is 3.80. The predicted octanol–water partition coefficient (Wildman–Crippen LogP) is 2.52. The quantitative estimate of drug-likeness (QED) is 0.816. The highest BCUT2D eigenvalue weighted by Crippen LogP contribution is 2.23. The van der Waals surface area contributed by atoms with Gasteiger partial charge in [0.05, 0.1) is 18.0 Å². The van der Waals surface area contributed by atoms with Crippen molar-refractivity contribution in [1.29, 1.82) is 0 Å². The van der Waals surface area contributed by atoms with E-state index in [2.05, 4.69) is 0 Å². The smallest absolute Gasteiger partial charge is 0.266 e. The molecule has 2 aromatic rings. The largest absolute Gasteiger partial charge is 0.497 e. The molecule has 0 aliphatic carbocycles. The average molecular weight is 316 g/mol. The van der Waals surface area contributed by atoms with Gasteiger partial charge in [0.25, 0.3) is 9.05 Å². The second kappa shape index (κ2) is 5.10. The zero-order valence-electron chi connectivity index (χ0n) is 11.3. The molecule has 0 spiro atoms. The topological polar surface area (TPSA) is 65.4 Å². The molecule has 0 aliphatic rings. The monoisotopic (exact) mass is 315 g/mol. The van der Waals surface area contributed by atoms with E-state index in [4.69, 9.17) is 15.4 Å². The maximum absolute atomic E-state index is 12.3. The summed E-state index contributed by atoms with van der Waals surface area (Å²) in [5, 5.41) is 0.264. The zero-order chi connectivity index (χ0) is 15.1. The zero-order valence-corrected chi connectivity index (χ0v) is 12.8. The second-order valence-electron chi connectivity index (χ2n) is 4.64. The number of benzene rings is 1. The third kappa shape index (κ3) is 2.53. The molecule has 7 heteroatoms. The van der Waals surface area contributed by atoms with Crippen molar-refractivity contribution in [3.63, 3.8) is 0 Å². The van der Waals surface area contributed by atoms with Gasteiger partial charge in [0.2, 0.25) is 5.43 Å². The normalized spacial score (nSPS) is 12.1. The Balaban J connectivity index is 3.00. The van der Waals surface area contributed by atoms with Crippen LogP contribution < -0.4 is 10.2 Å².